The first-order chi connectivity index (χ1) is 8.66. The predicted molar refractivity (Wildman–Crippen MR) is 77.5 cm³/mol. The zero-order valence-electron chi connectivity index (χ0n) is 10.2. The molecule has 0 amide bonds. The second-order valence-electron chi connectivity index (χ2n) is 4.30. The van der Waals surface area contributed by atoms with E-state index in [1.807, 2.05) is 30.3 Å². The van der Waals surface area contributed by atoms with Gasteiger partial charge in [-0.25, -0.2) is 0 Å². The molecule has 1 atom stereocenters. The molecule has 0 radical (unpaired) electrons. The summed E-state index contributed by atoms with van der Waals surface area (Å²) >= 11 is 3.32. The Balaban J connectivity index is 1.97. The Labute approximate surface area is 116 Å². The van der Waals surface area contributed by atoms with Gasteiger partial charge < -0.3 is 10.4 Å². The maximum atomic E-state index is 9.43. The highest BCUT2D eigenvalue weighted by atomic mass is 79.9. The third kappa shape index (κ3) is 3.34. The summed E-state index contributed by atoms with van der Waals surface area (Å²) < 4.78 is 0.731. The van der Waals surface area contributed by atoms with Crippen LogP contribution in [0.15, 0.2) is 53.0 Å². The van der Waals surface area contributed by atoms with E-state index in [2.05, 4.69) is 40.3 Å². The Morgan fingerprint density at radius 3 is 2.56 bits per heavy atom. The molecule has 3 heteroatoms. The lowest BCUT2D eigenvalue weighted by Crippen LogP contribution is -2.17. The molecule has 0 saturated heterocycles. The summed E-state index contributed by atoms with van der Waals surface area (Å²) in [6, 6.07) is 16.2. The Bertz CT molecular complexity index is 513. The van der Waals surface area contributed by atoms with E-state index in [0.29, 0.717) is 6.04 Å². The maximum absolute atomic E-state index is 9.43. The van der Waals surface area contributed by atoms with Crippen LogP contribution in [0.3, 0.4) is 0 Å². The molecule has 2 aromatic carbocycles. The lowest BCUT2D eigenvalue weighted by Gasteiger charge is -2.14. The van der Waals surface area contributed by atoms with Gasteiger partial charge in [-0.2, -0.15) is 0 Å². The first kappa shape index (κ1) is 13.1. The highest BCUT2D eigenvalue weighted by Crippen LogP contribution is 2.24. The van der Waals surface area contributed by atoms with Crippen LogP contribution in [0.4, 0.5) is 0 Å². The molecule has 0 fully saturated rings. The molecule has 2 rings (SSSR count). The van der Waals surface area contributed by atoms with Gasteiger partial charge in [-0.3, -0.25) is 0 Å². The molecule has 2 nitrogen and oxygen atoms in total. The van der Waals surface area contributed by atoms with E-state index in [4.69, 9.17) is 0 Å². The average molecular weight is 306 g/mol. The summed E-state index contributed by atoms with van der Waals surface area (Å²) in [6.07, 6.45) is 0. The Hall–Kier alpha value is -1.32. The summed E-state index contributed by atoms with van der Waals surface area (Å²) in [5.74, 6) is 0.273. The molecule has 1 unspecified atom stereocenters. The van der Waals surface area contributed by atoms with Gasteiger partial charge in [0.15, 0.2) is 0 Å². The van der Waals surface area contributed by atoms with Crippen molar-refractivity contribution < 1.29 is 5.11 Å². The van der Waals surface area contributed by atoms with Gasteiger partial charge in [0.25, 0.3) is 0 Å². The van der Waals surface area contributed by atoms with Gasteiger partial charge in [0.1, 0.15) is 5.75 Å². The molecular weight excluding hydrogens is 290 g/mol. The van der Waals surface area contributed by atoms with Crippen LogP contribution < -0.4 is 5.32 Å². The molecule has 94 valence electrons. The van der Waals surface area contributed by atoms with Gasteiger partial charge in [0, 0.05) is 12.6 Å². The molecule has 2 aromatic rings. The fourth-order valence-electron chi connectivity index (χ4n) is 1.79. The maximum Gasteiger partial charge on any atom is 0.129 e. The number of halogens is 1. The normalized spacial score (nSPS) is 12.3. The molecule has 0 aromatic heterocycles. The Kier molecular flexibility index (Phi) is 4.39. The Morgan fingerprint density at radius 1 is 1.17 bits per heavy atom. The third-order valence-electron chi connectivity index (χ3n) is 2.92. The highest BCUT2D eigenvalue weighted by Gasteiger charge is 2.05. The van der Waals surface area contributed by atoms with Crippen LogP contribution in [0, 0.1) is 0 Å². The van der Waals surface area contributed by atoms with E-state index < -0.39 is 0 Å². The fourth-order valence-corrected chi connectivity index (χ4v) is 2.22. The summed E-state index contributed by atoms with van der Waals surface area (Å²) in [5, 5.41) is 12.9. The number of hydrogen-bond donors (Lipinski definition) is 2. The summed E-state index contributed by atoms with van der Waals surface area (Å²) in [6.45, 7) is 2.92. The molecule has 0 aliphatic carbocycles. The smallest absolute Gasteiger partial charge is 0.129 e. The molecule has 0 aliphatic heterocycles. The van der Waals surface area contributed by atoms with Gasteiger partial charge in [0.2, 0.25) is 0 Å². The van der Waals surface area contributed by atoms with Crippen LogP contribution in [0.1, 0.15) is 24.1 Å². The van der Waals surface area contributed by atoms with Crippen molar-refractivity contribution in [2.75, 3.05) is 0 Å². The average Bonchev–Trinajstić information content (AvgIpc) is 2.41. The van der Waals surface area contributed by atoms with Crippen molar-refractivity contribution in [1.82, 2.24) is 5.32 Å². The van der Waals surface area contributed by atoms with E-state index in [1.165, 1.54) is 5.56 Å². The van der Waals surface area contributed by atoms with E-state index in [9.17, 15) is 5.11 Å². The van der Waals surface area contributed by atoms with Crippen molar-refractivity contribution in [3.8, 4) is 5.75 Å². The first-order valence-electron chi connectivity index (χ1n) is 5.92. The van der Waals surface area contributed by atoms with Gasteiger partial charge >= 0.3 is 0 Å². The molecule has 2 N–H and O–H groups in total. The molecule has 0 spiro atoms. The quantitative estimate of drug-likeness (QED) is 0.894. The number of nitrogens with one attached hydrogen (secondary N) is 1. The van der Waals surface area contributed by atoms with Gasteiger partial charge in [-0.1, -0.05) is 36.4 Å². The van der Waals surface area contributed by atoms with Crippen LogP contribution in [0.2, 0.25) is 0 Å². The largest absolute Gasteiger partial charge is 0.507 e. The van der Waals surface area contributed by atoms with Crippen molar-refractivity contribution in [3.05, 3.63) is 64.1 Å². The standard InChI is InChI=1S/C15H16BrNO/c1-11(13-5-3-2-4-6-13)17-10-12-7-8-15(18)14(16)9-12/h2-9,11,17-18H,10H2,1H3. The van der Waals surface area contributed by atoms with E-state index in [0.717, 1.165) is 16.6 Å². The van der Waals surface area contributed by atoms with Crippen molar-refractivity contribution in [1.29, 1.82) is 0 Å². The van der Waals surface area contributed by atoms with E-state index in [-0.39, 0.29) is 5.75 Å². The van der Waals surface area contributed by atoms with Crippen molar-refractivity contribution in [3.63, 3.8) is 0 Å². The monoisotopic (exact) mass is 305 g/mol. The number of benzene rings is 2. The van der Waals surface area contributed by atoms with Crippen LogP contribution in [-0.2, 0) is 6.54 Å². The number of hydrogen-bond acceptors (Lipinski definition) is 2. The molecule has 0 heterocycles. The highest BCUT2D eigenvalue weighted by molar-refractivity contribution is 9.10. The van der Waals surface area contributed by atoms with E-state index >= 15 is 0 Å². The zero-order valence-corrected chi connectivity index (χ0v) is 11.8. The second kappa shape index (κ2) is 6.03. The summed E-state index contributed by atoms with van der Waals surface area (Å²) in [7, 11) is 0. The minimum atomic E-state index is 0.273. The number of phenolic OH excluding ortho intramolecular Hbond substituents is 1. The predicted octanol–water partition coefficient (Wildman–Crippen LogP) is 4.01. The van der Waals surface area contributed by atoms with Crippen LogP contribution >= 0.6 is 15.9 Å². The topological polar surface area (TPSA) is 32.3 Å². The fraction of sp³-hybridized carbons (Fsp3) is 0.200. The molecular formula is C15H16BrNO. The molecule has 0 saturated carbocycles. The van der Waals surface area contributed by atoms with Crippen LogP contribution in [-0.4, -0.2) is 5.11 Å². The zero-order chi connectivity index (χ0) is 13.0. The second-order valence-corrected chi connectivity index (χ2v) is 5.15. The molecule has 0 aliphatic rings. The van der Waals surface area contributed by atoms with Crippen LogP contribution in [0.5, 0.6) is 5.75 Å². The van der Waals surface area contributed by atoms with Crippen molar-refractivity contribution >= 4 is 15.9 Å². The minimum absolute atomic E-state index is 0.273. The van der Waals surface area contributed by atoms with Crippen molar-refractivity contribution in [2.45, 2.75) is 19.5 Å². The number of phenols is 1. The minimum Gasteiger partial charge on any atom is -0.507 e. The number of aromatic hydroxyl groups is 1. The first-order valence-corrected chi connectivity index (χ1v) is 6.72. The number of rotatable bonds is 4. The van der Waals surface area contributed by atoms with E-state index in [1.54, 1.807) is 6.07 Å². The van der Waals surface area contributed by atoms with Crippen LogP contribution in [0.25, 0.3) is 0 Å². The summed E-state index contributed by atoms with van der Waals surface area (Å²) in [5.41, 5.74) is 2.41. The summed E-state index contributed by atoms with van der Waals surface area (Å²) in [4.78, 5) is 0. The van der Waals surface area contributed by atoms with Gasteiger partial charge in [0.05, 0.1) is 4.47 Å². The lowest BCUT2D eigenvalue weighted by molar-refractivity contribution is 0.471. The third-order valence-corrected chi connectivity index (χ3v) is 3.56. The lowest BCUT2D eigenvalue weighted by atomic mass is 10.1. The molecule has 0 bridgehead atoms. The van der Waals surface area contributed by atoms with Gasteiger partial charge in [-0.05, 0) is 46.1 Å². The van der Waals surface area contributed by atoms with Crippen molar-refractivity contribution in [2.24, 2.45) is 0 Å². The molecule has 18 heavy (non-hydrogen) atoms. The Morgan fingerprint density at radius 2 is 1.89 bits per heavy atom. The SMILES string of the molecule is CC(NCc1ccc(O)c(Br)c1)c1ccccc1. The van der Waals surface area contributed by atoms with Gasteiger partial charge in [-0.15, -0.1) is 0 Å².